The molecule has 2 rings (SSSR count). The number of aliphatic hydroxyl groups is 2. The van der Waals surface area contributed by atoms with Gasteiger partial charge in [0.25, 0.3) is 0 Å². The van der Waals surface area contributed by atoms with E-state index in [1.54, 1.807) is 7.11 Å². The van der Waals surface area contributed by atoms with Gasteiger partial charge in [-0.3, -0.25) is 4.79 Å². The van der Waals surface area contributed by atoms with Crippen LogP contribution in [0.2, 0.25) is 0 Å². The van der Waals surface area contributed by atoms with Gasteiger partial charge in [-0.25, -0.2) is 4.79 Å². The molecule has 0 aliphatic heterocycles. The van der Waals surface area contributed by atoms with Gasteiger partial charge in [-0.15, -0.1) is 0 Å². The molecule has 0 spiro atoms. The van der Waals surface area contributed by atoms with E-state index in [2.05, 4.69) is 20.1 Å². The quantitative estimate of drug-likeness (QED) is 0.0920. The Morgan fingerprint density at radius 3 is 1.82 bits per heavy atom. The van der Waals surface area contributed by atoms with E-state index in [1.165, 1.54) is 83.5 Å². The maximum Gasteiger partial charge on any atom is 0.335 e. The topological polar surface area (TPSA) is 93.1 Å². The molecular weight excluding hydrogens is 492 g/mol. The van der Waals surface area contributed by atoms with E-state index < -0.39 is 5.97 Å². The number of methoxy groups -OCH3 is 1. The number of unbranched alkanes of at least 4 members (excludes halogenated alkanes) is 2. The molecule has 2 aliphatic rings. The van der Waals surface area contributed by atoms with E-state index >= 15 is 0 Å². The smallest absolute Gasteiger partial charge is 0.335 e. The number of esters is 1. The molecule has 0 radical (unpaired) electrons. The second kappa shape index (κ2) is 24.3. The Morgan fingerprint density at radius 1 is 0.872 bits per heavy atom. The first kappa shape index (κ1) is 37.5. The van der Waals surface area contributed by atoms with Crippen molar-refractivity contribution in [3.8, 4) is 0 Å². The summed E-state index contributed by atoms with van der Waals surface area (Å²) in [7, 11) is 1.70. The summed E-state index contributed by atoms with van der Waals surface area (Å²) in [6, 6.07) is 0. The lowest BCUT2D eigenvalue weighted by molar-refractivity contribution is -0.141. The number of carbonyl (C=O) groups excluding carboxylic acids is 2. The van der Waals surface area contributed by atoms with E-state index in [9.17, 15) is 9.59 Å². The Bertz CT molecular complexity index is 645. The lowest BCUT2D eigenvalue weighted by Crippen LogP contribution is -2.26. The molecule has 6 heteroatoms. The summed E-state index contributed by atoms with van der Waals surface area (Å²) in [5.74, 6) is 3.51. The molecule has 39 heavy (non-hydrogen) atoms. The summed E-state index contributed by atoms with van der Waals surface area (Å²) in [4.78, 5) is 21.2. The molecule has 0 aromatic rings. The first-order chi connectivity index (χ1) is 18.9. The molecule has 2 N–H and O–H groups in total. The molecule has 0 aromatic heterocycles. The highest BCUT2D eigenvalue weighted by Crippen LogP contribution is 2.43. The zero-order valence-electron chi connectivity index (χ0n) is 25.6. The van der Waals surface area contributed by atoms with Crippen LogP contribution < -0.4 is 0 Å². The molecule has 0 saturated heterocycles. The number of hydrogen-bond donors (Lipinski definition) is 2. The second-order valence-corrected chi connectivity index (χ2v) is 11.3. The number of ether oxygens (including phenoxy) is 2. The van der Waals surface area contributed by atoms with E-state index in [0.717, 1.165) is 30.1 Å². The predicted molar refractivity (Wildman–Crippen MR) is 160 cm³/mol. The van der Waals surface area contributed by atoms with Crippen LogP contribution in [0, 0.1) is 29.6 Å². The Labute approximate surface area is 239 Å². The van der Waals surface area contributed by atoms with Crippen LogP contribution in [0.4, 0.5) is 0 Å². The fourth-order valence-corrected chi connectivity index (χ4v) is 5.90. The average Bonchev–Trinajstić information content (AvgIpc) is 2.99. The summed E-state index contributed by atoms with van der Waals surface area (Å²) in [6.07, 6.45) is 19.9. The fourth-order valence-electron chi connectivity index (χ4n) is 5.90. The Morgan fingerprint density at radius 2 is 1.41 bits per heavy atom. The maximum absolute atomic E-state index is 11.7. The molecule has 0 amide bonds. The standard InChI is InChI=1S/C27H48O4.C4H6O2.C2H6/c1-4-5-6-7-22-10-14-25(15-11-22)26-16-12-23(13-17-26)8-9-24(19-30-3)20-31-27(29)21(2)18-28;1-4(2-5)3-6;1-2/h22-26,28H,2,4-20H2,1,3H3;2,6H,1,3H2;1-2H3. The third-order valence-corrected chi connectivity index (χ3v) is 8.35. The number of aldehydes is 1. The molecule has 2 aliphatic carbocycles. The number of carbonyl (C=O) groups is 2. The maximum atomic E-state index is 11.7. The van der Waals surface area contributed by atoms with Crippen molar-refractivity contribution in [2.45, 2.75) is 111 Å². The molecule has 6 nitrogen and oxygen atoms in total. The van der Waals surface area contributed by atoms with Crippen molar-refractivity contribution in [3.05, 3.63) is 24.3 Å². The first-order valence-electron chi connectivity index (χ1n) is 15.6. The van der Waals surface area contributed by atoms with Crippen molar-refractivity contribution >= 4 is 12.3 Å². The van der Waals surface area contributed by atoms with Crippen molar-refractivity contribution in [1.29, 1.82) is 0 Å². The summed E-state index contributed by atoms with van der Waals surface area (Å²) < 4.78 is 10.6. The van der Waals surface area contributed by atoms with Gasteiger partial charge in [0, 0.05) is 18.6 Å². The van der Waals surface area contributed by atoms with Gasteiger partial charge in [0.15, 0.2) is 0 Å². The van der Waals surface area contributed by atoms with Crippen molar-refractivity contribution in [3.63, 3.8) is 0 Å². The van der Waals surface area contributed by atoms with Gasteiger partial charge in [-0.2, -0.15) is 0 Å². The molecule has 0 bridgehead atoms. The molecule has 228 valence electrons. The van der Waals surface area contributed by atoms with Crippen LogP contribution >= 0.6 is 0 Å². The van der Waals surface area contributed by atoms with Gasteiger partial charge in [0.05, 0.1) is 32.0 Å². The third kappa shape index (κ3) is 17.0. The summed E-state index contributed by atoms with van der Waals surface area (Å²) in [5, 5.41) is 17.0. The Balaban J connectivity index is 0.00000159. The molecule has 2 saturated carbocycles. The van der Waals surface area contributed by atoms with E-state index in [1.807, 2.05) is 13.8 Å². The summed E-state index contributed by atoms with van der Waals surface area (Å²) in [6.45, 7) is 13.4. The molecule has 1 atom stereocenters. The average molecular weight is 553 g/mol. The highest BCUT2D eigenvalue weighted by atomic mass is 16.5. The van der Waals surface area contributed by atoms with Crippen LogP contribution in [-0.2, 0) is 19.1 Å². The predicted octanol–water partition coefficient (Wildman–Crippen LogP) is 7.07. The van der Waals surface area contributed by atoms with Crippen LogP contribution in [0.25, 0.3) is 0 Å². The van der Waals surface area contributed by atoms with Crippen LogP contribution in [0.3, 0.4) is 0 Å². The van der Waals surface area contributed by atoms with Crippen LogP contribution in [-0.4, -0.2) is 56.0 Å². The molecule has 1 unspecified atom stereocenters. The van der Waals surface area contributed by atoms with E-state index in [4.69, 9.17) is 19.7 Å². The monoisotopic (exact) mass is 552 g/mol. The minimum Gasteiger partial charge on any atom is -0.462 e. The normalized spacial score (nSPS) is 23.2. The molecule has 0 aromatic carbocycles. The number of hydrogen-bond acceptors (Lipinski definition) is 6. The highest BCUT2D eigenvalue weighted by molar-refractivity contribution is 5.87. The SMILES string of the molecule is C=C(C=O)CO.C=C(CO)C(=O)OCC(CCC1CCC(C2CCC(CCCCC)CC2)CC1)COC.CC. The first-order valence-corrected chi connectivity index (χ1v) is 15.6. The Hall–Kier alpha value is -1.50. The zero-order valence-corrected chi connectivity index (χ0v) is 25.6. The third-order valence-electron chi connectivity index (χ3n) is 8.35. The van der Waals surface area contributed by atoms with Crippen molar-refractivity contribution in [1.82, 2.24) is 0 Å². The molecule has 2 fully saturated rings. The van der Waals surface area contributed by atoms with Crippen molar-refractivity contribution in [2.24, 2.45) is 29.6 Å². The van der Waals surface area contributed by atoms with Crippen LogP contribution in [0.15, 0.2) is 24.3 Å². The lowest BCUT2D eigenvalue weighted by Gasteiger charge is -2.38. The van der Waals surface area contributed by atoms with Gasteiger partial charge in [-0.1, -0.05) is 85.3 Å². The largest absolute Gasteiger partial charge is 0.462 e. The van der Waals surface area contributed by atoms with Crippen LogP contribution in [0.1, 0.15) is 111 Å². The zero-order chi connectivity index (χ0) is 29.5. The van der Waals surface area contributed by atoms with Gasteiger partial charge >= 0.3 is 5.97 Å². The van der Waals surface area contributed by atoms with Gasteiger partial charge in [0.1, 0.15) is 6.29 Å². The van der Waals surface area contributed by atoms with Crippen molar-refractivity contribution < 1.29 is 29.3 Å². The second-order valence-electron chi connectivity index (χ2n) is 11.3. The molecular formula is C33H60O6. The summed E-state index contributed by atoms with van der Waals surface area (Å²) >= 11 is 0. The fraction of sp³-hybridized carbons (Fsp3) is 0.818. The lowest BCUT2D eigenvalue weighted by atomic mass is 9.68. The van der Waals surface area contributed by atoms with Crippen molar-refractivity contribution in [2.75, 3.05) is 33.5 Å². The van der Waals surface area contributed by atoms with E-state index in [-0.39, 0.29) is 30.3 Å². The number of aliphatic hydroxyl groups excluding tert-OH is 2. The van der Waals surface area contributed by atoms with Gasteiger partial charge in [0.2, 0.25) is 0 Å². The summed E-state index contributed by atoms with van der Waals surface area (Å²) in [5.41, 5.74) is 0.333. The minimum atomic E-state index is -0.496. The minimum absolute atomic E-state index is 0.115. The Kier molecular flexibility index (Phi) is 23.4. The van der Waals surface area contributed by atoms with Gasteiger partial charge < -0.3 is 19.7 Å². The van der Waals surface area contributed by atoms with Gasteiger partial charge in [-0.05, 0) is 62.2 Å². The van der Waals surface area contributed by atoms with E-state index in [0.29, 0.717) is 19.5 Å². The molecule has 0 heterocycles. The van der Waals surface area contributed by atoms with Crippen LogP contribution in [0.5, 0.6) is 0 Å². The number of rotatable bonds is 16. The highest BCUT2D eigenvalue weighted by Gasteiger charge is 2.31.